The maximum Gasteiger partial charge on any atom is 0.354 e. The predicted molar refractivity (Wildman–Crippen MR) is 161 cm³/mol. The number of sulfonamides is 1. The van der Waals surface area contributed by atoms with Gasteiger partial charge in [-0.2, -0.15) is 4.98 Å². The summed E-state index contributed by atoms with van der Waals surface area (Å²) < 4.78 is 30.6. The number of nitrogens with one attached hydrogen (secondary N) is 2. The molecule has 2 rings (SSSR count). The highest BCUT2D eigenvalue weighted by molar-refractivity contribution is 8.01. The van der Waals surface area contributed by atoms with Gasteiger partial charge in [0.15, 0.2) is 5.82 Å². The lowest BCUT2D eigenvalue weighted by Gasteiger charge is -2.16. The molecule has 2 aliphatic heterocycles. The monoisotopic (exact) mass is 586 g/mol. The summed E-state index contributed by atoms with van der Waals surface area (Å²) in [5, 5.41) is 2.99. The fourth-order valence-electron chi connectivity index (χ4n) is 4.18. The zero-order chi connectivity index (χ0) is 28.0. The lowest BCUT2D eigenvalue weighted by Crippen LogP contribution is -2.24. The molecular weight excluding hydrogens is 541 g/mol. The lowest BCUT2D eigenvalue weighted by molar-refractivity contribution is -0.121. The van der Waals surface area contributed by atoms with Crippen LogP contribution in [0.5, 0.6) is 0 Å². The van der Waals surface area contributed by atoms with Crippen LogP contribution in [0.2, 0.25) is 0 Å². The Morgan fingerprint density at radius 3 is 2.32 bits per heavy atom. The Morgan fingerprint density at radius 2 is 1.61 bits per heavy atom. The van der Waals surface area contributed by atoms with Gasteiger partial charge in [-0.1, -0.05) is 65.2 Å². The number of hydrogen-bond donors (Lipinski definition) is 2. The maximum atomic E-state index is 12.8. The van der Waals surface area contributed by atoms with Gasteiger partial charge in [0.1, 0.15) is 5.69 Å². The molecule has 0 bridgehead atoms. The molecule has 0 saturated carbocycles. The van der Waals surface area contributed by atoms with Crippen molar-refractivity contribution in [2.24, 2.45) is 0 Å². The highest BCUT2D eigenvalue weighted by atomic mass is 32.2. The number of amides is 1. The molecule has 216 valence electrons. The minimum absolute atomic E-state index is 0.0176. The van der Waals surface area contributed by atoms with Crippen LogP contribution in [-0.2, 0) is 14.8 Å². The topological polar surface area (TPSA) is 110 Å². The third kappa shape index (κ3) is 10.9. The van der Waals surface area contributed by atoms with E-state index < -0.39 is 15.7 Å². The number of thioether (sulfide) groups is 1. The number of unbranched alkanes of at least 4 members (excludes halogenated alkanes) is 9. The van der Waals surface area contributed by atoms with Crippen molar-refractivity contribution in [3.05, 3.63) is 21.1 Å². The van der Waals surface area contributed by atoms with Gasteiger partial charge >= 0.3 is 5.69 Å². The number of carbonyl (C=O) groups is 1. The van der Waals surface area contributed by atoms with Gasteiger partial charge in [0.2, 0.25) is 15.9 Å². The van der Waals surface area contributed by atoms with Crippen molar-refractivity contribution in [1.82, 2.24) is 14.9 Å². The second kappa shape index (κ2) is 17.2. The fourth-order valence-corrected chi connectivity index (χ4v) is 7.82. The molecule has 0 unspecified atom stereocenters. The normalized spacial score (nSPS) is 11.8. The second-order valence-electron chi connectivity index (χ2n) is 9.86. The molecule has 2 heterocycles. The molecule has 0 aromatic heterocycles. The van der Waals surface area contributed by atoms with Crippen LogP contribution < -0.4 is 15.7 Å². The minimum atomic E-state index is -3.61. The first-order chi connectivity index (χ1) is 18.2. The Morgan fingerprint density at radius 1 is 0.947 bits per heavy atom. The van der Waals surface area contributed by atoms with Gasteiger partial charge in [-0.15, -0.1) is 23.1 Å². The van der Waals surface area contributed by atoms with Crippen LogP contribution in [0.25, 0.3) is 5.69 Å². The van der Waals surface area contributed by atoms with Gasteiger partial charge in [0, 0.05) is 23.5 Å². The van der Waals surface area contributed by atoms with Crippen molar-refractivity contribution in [3.63, 3.8) is 0 Å². The summed E-state index contributed by atoms with van der Waals surface area (Å²) in [6, 6.07) is 0. The molecule has 1 amide bonds. The number of nitrogens with zero attached hydrogens (tertiary/aromatic N) is 2. The van der Waals surface area contributed by atoms with Crippen LogP contribution in [0.4, 0.5) is 5.82 Å². The Bertz CT molecular complexity index is 1130. The van der Waals surface area contributed by atoms with Gasteiger partial charge < -0.3 is 5.32 Å². The van der Waals surface area contributed by atoms with Crippen molar-refractivity contribution in [1.29, 1.82) is 0 Å². The van der Waals surface area contributed by atoms with E-state index in [1.54, 1.807) is 23.1 Å². The average molecular weight is 587 g/mol. The number of aryl methyl sites for hydroxylation is 1. The van der Waals surface area contributed by atoms with Crippen molar-refractivity contribution < 1.29 is 13.2 Å². The minimum Gasteiger partial charge on any atom is -0.356 e. The van der Waals surface area contributed by atoms with Crippen LogP contribution in [0.3, 0.4) is 0 Å². The highest BCUT2D eigenvalue weighted by Crippen LogP contribution is 2.38. The second-order valence-corrected chi connectivity index (χ2v) is 14.3. The van der Waals surface area contributed by atoms with Crippen LogP contribution in [0, 0.1) is 13.8 Å². The van der Waals surface area contributed by atoms with Crippen LogP contribution in [0.1, 0.15) is 108 Å². The molecule has 38 heavy (non-hydrogen) atoms. The van der Waals surface area contributed by atoms with E-state index in [2.05, 4.69) is 28.9 Å². The standard InChI is InChI=1S/C27H46N4O4S3/c1-5-7-9-11-12-16-20-38(34,35)30-25-24-26(37-22(4)21(3)31(24)27(33)29-25)36-19-15-13-17-23(32)28-18-14-10-8-6-2/h5-20H2,1-4H3,(H,28,32)(H,29,30,33). The summed E-state index contributed by atoms with van der Waals surface area (Å²) in [5.74, 6) is 0.993. The molecule has 0 aliphatic carbocycles. The lowest BCUT2D eigenvalue weighted by atomic mass is 10.1. The molecule has 0 fully saturated rings. The third-order valence-electron chi connectivity index (χ3n) is 6.53. The van der Waals surface area contributed by atoms with E-state index in [4.69, 9.17) is 0 Å². The van der Waals surface area contributed by atoms with E-state index in [9.17, 15) is 18.0 Å². The molecule has 0 spiro atoms. The zero-order valence-electron chi connectivity index (χ0n) is 23.6. The van der Waals surface area contributed by atoms with E-state index in [-0.39, 0.29) is 17.5 Å². The number of hydrogen-bond acceptors (Lipinski definition) is 7. The van der Waals surface area contributed by atoms with Crippen molar-refractivity contribution >= 4 is 44.8 Å². The fraction of sp³-hybridized carbons (Fsp3) is 0.741. The summed E-state index contributed by atoms with van der Waals surface area (Å²) in [6.07, 6.45) is 12.6. The molecule has 0 atom stereocenters. The first-order valence-electron chi connectivity index (χ1n) is 14.1. The van der Waals surface area contributed by atoms with Crippen LogP contribution >= 0.6 is 23.1 Å². The third-order valence-corrected chi connectivity index (χ3v) is 10.4. The molecule has 2 aliphatic rings. The Balaban J connectivity index is 1.97. The Labute approximate surface area is 237 Å². The van der Waals surface area contributed by atoms with E-state index in [0.717, 1.165) is 78.4 Å². The predicted octanol–water partition coefficient (Wildman–Crippen LogP) is 6.41. The average Bonchev–Trinajstić information content (AvgIpc) is 3.18. The summed E-state index contributed by atoms with van der Waals surface area (Å²) in [7, 11) is -3.61. The first kappa shape index (κ1) is 32.6. The molecule has 2 N–H and O–H groups in total. The summed E-state index contributed by atoms with van der Waals surface area (Å²) in [6.45, 7) is 8.87. The van der Waals surface area contributed by atoms with Crippen molar-refractivity contribution in [2.45, 2.75) is 115 Å². The van der Waals surface area contributed by atoms with Gasteiger partial charge in [0.05, 0.1) is 9.96 Å². The molecular formula is C27H46N4O4S3. The molecule has 11 heteroatoms. The smallest absolute Gasteiger partial charge is 0.354 e. The molecule has 8 nitrogen and oxygen atoms in total. The van der Waals surface area contributed by atoms with Gasteiger partial charge in [0.25, 0.3) is 0 Å². The number of fused-ring (bicyclic) bond motifs is 1. The number of anilines is 1. The number of rotatable bonds is 20. The molecule has 0 radical (unpaired) electrons. The number of aromatic nitrogens is 2. The van der Waals surface area contributed by atoms with Gasteiger partial charge in [-0.25, -0.2) is 13.2 Å². The Kier molecular flexibility index (Phi) is 14.7. The number of imidazole rings is 1. The quantitative estimate of drug-likeness (QED) is 0.137. The highest BCUT2D eigenvalue weighted by Gasteiger charge is 2.26. The Hall–Kier alpha value is -1.59. The first-order valence-corrected chi connectivity index (χ1v) is 17.6. The summed E-state index contributed by atoms with van der Waals surface area (Å²) in [5.41, 5.74) is 0.830. The SMILES string of the molecule is CCCCCCCCS(=O)(=O)Nc1nc(=O)n2c(C)c(C)sc(SCCCCC(=O)NCCCCCC)c1-2. The summed E-state index contributed by atoms with van der Waals surface area (Å²) >= 11 is 3.13. The molecule has 0 aromatic rings. The molecule has 0 saturated heterocycles. The van der Waals surface area contributed by atoms with Crippen LogP contribution in [-0.4, -0.2) is 41.9 Å². The van der Waals surface area contributed by atoms with Gasteiger partial charge in [-0.3, -0.25) is 14.1 Å². The van der Waals surface area contributed by atoms with E-state index in [1.165, 1.54) is 23.8 Å². The maximum absolute atomic E-state index is 12.8. The van der Waals surface area contributed by atoms with Crippen molar-refractivity contribution in [2.75, 3.05) is 22.8 Å². The zero-order valence-corrected chi connectivity index (χ0v) is 26.0. The summed E-state index contributed by atoms with van der Waals surface area (Å²) in [4.78, 5) is 29.9. The number of carbonyl (C=O) groups excluding carboxylic acids is 1. The van der Waals surface area contributed by atoms with E-state index in [0.29, 0.717) is 18.5 Å². The van der Waals surface area contributed by atoms with Crippen LogP contribution in [0.15, 0.2) is 9.00 Å². The van der Waals surface area contributed by atoms with E-state index >= 15 is 0 Å². The largest absolute Gasteiger partial charge is 0.356 e. The molecule has 0 aromatic carbocycles. The van der Waals surface area contributed by atoms with E-state index in [1.807, 2.05) is 13.8 Å². The van der Waals surface area contributed by atoms with Crippen molar-refractivity contribution in [3.8, 4) is 5.69 Å². The van der Waals surface area contributed by atoms with Gasteiger partial charge in [-0.05, 0) is 45.3 Å².